The van der Waals surface area contributed by atoms with Gasteiger partial charge in [0.2, 0.25) is 0 Å². The van der Waals surface area contributed by atoms with Crippen molar-refractivity contribution in [3.8, 4) is 5.75 Å². The molecule has 4 N–H and O–H groups in total. The molecule has 0 bridgehead atoms. The monoisotopic (exact) mass is 536 g/mol. The lowest BCUT2D eigenvalue weighted by atomic mass is 9.91. The minimum absolute atomic E-state index is 0. The lowest BCUT2D eigenvalue weighted by molar-refractivity contribution is 0.0490. The van der Waals surface area contributed by atoms with Crippen LogP contribution >= 0.6 is 24.0 Å². The summed E-state index contributed by atoms with van der Waals surface area (Å²) in [5.74, 6) is -0.337. The van der Waals surface area contributed by atoms with E-state index in [0.29, 0.717) is 24.6 Å². The molecule has 1 aliphatic rings. The molecule has 1 aromatic rings. The molecule has 0 aromatic heterocycles. The highest BCUT2D eigenvalue weighted by Crippen LogP contribution is 2.20. The van der Waals surface area contributed by atoms with E-state index < -0.39 is 11.4 Å². The van der Waals surface area contributed by atoms with E-state index >= 15 is 0 Å². The third-order valence-corrected chi connectivity index (χ3v) is 4.56. The number of nitrogens with zero attached hydrogens (tertiary/aromatic N) is 1. The summed E-state index contributed by atoms with van der Waals surface area (Å²) in [6, 6.07) is 4.64. The number of phenols is 1. The standard InChI is InChI=1S/C21H33FN4O3.HI/c1-5-23-19(24-13-14-6-11-18(27)17(22)12-14)25-15-7-9-16(10-8-15)26-20(28)29-21(2,3)4;/h6,11-12,15-16,27H,5,7-10,13H2,1-4H3,(H,26,28)(H2,23,24,25);1H. The Morgan fingerprint density at radius 2 is 1.80 bits per heavy atom. The number of ether oxygens (including phenoxy) is 1. The SMILES string of the molecule is CCNC(=NCc1ccc(O)c(F)c1)NC1CCC(NC(=O)OC(C)(C)C)CC1.I. The number of guanidine groups is 1. The first-order valence-corrected chi connectivity index (χ1v) is 10.2. The first-order chi connectivity index (χ1) is 13.7. The summed E-state index contributed by atoms with van der Waals surface area (Å²) in [6.45, 7) is 8.55. The number of aliphatic imine (C=N–C) groups is 1. The normalized spacial score (nSPS) is 19.4. The van der Waals surface area contributed by atoms with Crippen LogP contribution in [0.3, 0.4) is 0 Å². The van der Waals surface area contributed by atoms with Gasteiger partial charge in [0.15, 0.2) is 17.5 Å². The fraction of sp³-hybridized carbons (Fsp3) is 0.619. The molecule has 1 aromatic carbocycles. The Balaban J connectivity index is 0.00000450. The Morgan fingerprint density at radius 3 is 2.33 bits per heavy atom. The van der Waals surface area contributed by atoms with Crippen LogP contribution in [-0.4, -0.2) is 41.4 Å². The van der Waals surface area contributed by atoms with Gasteiger partial charge in [0.25, 0.3) is 0 Å². The average molecular weight is 536 g/mol. The zero-order chi connectivity index (χ0) is 21.4. The highest BCUT2D eigenvalue weighted by Gasteiger charge is 2.25. The summed E-state index contributed by atoms with van der Waals surface area (Å²) in [5.41, 5.74) is 0.184. The molecule has 0 radical (unpaired) electrons. The molecule has 2 rings (SSSR count). The van der Waals surface area contributed by atoms with Gasteiger partial charge >= 0.3 is 6.09 Å². The van der Waals surface area contributed by atoms with Crippen molar-refractivity contribution in [2.24, 2.45) is 4.99 Å². The lowest BCUT2D eigenvalue weighted by Crippen LogP contribution is -2.48. The molecule has 1 fully saturated rings. The van der Waals surface area contributed by atoms with E-state index in [9.17, 15) is 14.3 Å². The van der Waals surface area contributed by atoms with E-state index in [1.165, 1.54) is 12.1 Å². The van der Waals surface area contributed by atoms with Crippen LogP contribution in [0, 0.1) is 5.82 Å². The number of phenolic OH excluding ortho intramolecular Hbond substituents is 1. The molecule has 1 aliphatic carbocycles. The maximum absolute atomic E-state index is 13.5. The molecule has 0 atom stereocenters. The number of amides is 1. The highest BCUT2D eigenvalue weighted by molar-refractivity contribution is 14.0. The second-order valence-electron chi connectivity index (χ2n) is 8.32. The summed E-state index contributed by atoms with van der Waals surface area (Å²) in [5, 5.41) is 18.8. The second kappa shape index (κ2) is 12.2. The Bertz CT molecular complexity index is 717. The second-order valence-corrected chi connectivity index (χ2v) is 8.32. The Labute approximate surface area is 195 Å². The van der Waals surface area contributed by atoms with Gasteiger partial charge in [0.1, 0.15) is 5.60 Å². The molecule has 0 spiro atoms. The maximum atomic E-state index is 13.5. The van der Waals surface area contributed by atoms with Gasteiger partial charge in [0.05, 0.1) is 6.54 Å². The molecule has 0 saturated heterocycles. The summed E-state index contributed by atoms with van der Waals surface area (Å²) in [6.07, 6.45) is 3.15. The number of carbonyl (C=O) groups excluding carboxylic acids is 1. The number of benzene rings is 1. The van der Waals surface area contributed by atoms with Crippen LogP contribution in [0.1, 0.15) is 58.9 Å². The van der Waals surface area contributed by atoms with Gasteiger partial charge in [-0.2, -0.15) is 0 Å². The van der Waals surface area contributed by atoms with Crippen LogP contribution in [0.5, 0.6) is 5.75 Å². The molecule has 170 valence electrons. The molecular formula is C21H34FIN4O3. The number of alkyl carbamates (subject to hydrolysis) is 1. The third kappa shape index (κ3) is 9.36. The number of carbonyl (C=O) groups is 1. The predicted octanol–water partition coefficient (Wildman–Crippen LogP) is 4.04. The van der Waals surface area contributed by atoms with Gasteiger partial charge in [-0.05, 0) is 71.1 Å². The first kappa shape index (κ1) is 26.3. The maximum Gasteiger partial charge on any atom is 0.407 e. The smallest absolute Gasteiger partial charge is 0.407 e. The number of halogens is 2. The molecule has 30 heavy (non-hydrogen) atoms. The van der Waals surface area contributed by atoms with Gasteiger partial charge in [-0.1, -0.05) is 6.07 Å². The largest absolute Gasteiger partial charge is 0.505 e. The zero-order valence-electron chi connectivity index (χ0n) is 18.1. The zero-order valence-corrected chi connectivity index (χ0v) is 20.5. The minimum Gasteiger partial charge on any atom is -0.505 e. The van der Waals surface area contributed by atoms with Crippen LogP contribution in [0.15, 0.2) is 23.2 Å². The van der Waals surface area contributed by atoms with E-state index in [0.717, 1.165) is 25.7 Å². The van der Waals surface area contributed by atoms with Gasteiger partial charge < -0.3 is 25.8 Å². The van der Waals surface area contributed by atoms with E-state index in [1.54, 1.807) is 6.07 Å². The number of aromatic hydroxyl groups is 1. The van der Waals surface area contributed by atoms with Crippen molar-refractivity contribution in [2.75, 3.05) is 6.54 Å². The third-order valence-electron chi connectivity index (χ3n) is 4.56. The van der Waals surface area contributed by atoms with Crippen molar-refractivity contribution in [3.63, 3.8) is 0 Å². The van der Waals surface area contributed by atoms with Gasteiger partial charge in [-0.3, -0.25) is 0 Å². The molecule has 0 heterocycles. The van der Waals surface area contributed by atoms with Crippen LogP contribution in [0.4, 0.5) is 9.18 Å². The highest BCUT2D eigenvalue weighted by atomic mass is 127. The predicted molar refractivity (Wildman–Crippen MR) is 127 cm³/mol. The van der Waals surface area contributed by atoms with Crippen LogP contribution in [0.2, 0.25) is 0 Å². The number of nitrogens with one attached hydrogen (secondary N) is 3. The molecule has 0 aliphatic heterocycles. The van der Waals surface area contributed by atoms with Crippen LogP contribution in [0.25, 0.3) is 0 Å². The molecule has 9 heteroatoms. The number of hydrogen-bond acceptors (Lipinski definition) is 4. The summed E-state index contributed by atoms with van der Waals surface area (Å²) in [4.78, 5) is 16.4. The van der Waals surface area contributed by atoms with Crippen molar-refractivity contribution in [3.05, 3.63) is 29.6 Å². The number of hydrogen-bond donors (Lipinski definition) is 4. The Morgan fingerprint density at radius 1 is 1.20 bits per heavy atom. The van der Waals surface area contributed by atoms with Crippen molar-refractivity contribution < 1.29 is 19.0 Å². The van der Waals surface area contributed by atoms with E-state index in [4.69, 9.17) is 4.74 Å². The van der Waals surface area contributed by atoms with Crippen molar-refractivity contribution in [1.29, 1.82) is 0 Å². The number of rotatable bonds is 5. The van der Waals surface area contributed by atoms with E-state index in [2.05, 4.69) is 20.9 Å². The van der Waals surface area contributed by atoms with E-state index in [-0.39, 0.29) is 47.9 Å². The molecule has 1 saturated carbocycles. The molecular weight excluding hydrogens is 502 g/mol. The van der Waals surface area contributed by atoms with Gasteiger partial charge in [-0.15, -0.1) is 24.0 Å². The van der Waals surface area contributed by atoms with Crippen molar-refractivity contribution in [1.82, 2.24) is 16.0 Å². The fourth-order valence-corrected chi connectivity index (χ4v) is 3.19. The average Bonchev–Trinajstić information content (AvgIpc) is 2.62. The lowest BCUT2D eigenvalue weighted by Gasteiger charge is -2.31. The van der Waals surface area contributed by atoms with Gasteiger partial charge in [0, 0.05) is 18.6 Å². The molecule has 7 nitrogen and oxygen atoms in total. The summed E-state index contributed by atoms with van der Waals surface area (Å²) >= 11 is 0. The van der Waals surface area contributed by atoms with Gasteiger partial charge in [-0.25, -0.2) is 14.2 Å². The minimum atomic E-state index is -0.647. The van der Waals surface area contributed by atoms with Crippen molar-refractivity contribution in [2.45, 2.75) is 77.6 Å². The quantitative estimate of drug-likeness (QED) is 0.259. The van der Waals surface area contributed by atoms with Crippen LogP contribution in [-0.2, 0) is 11.3 Å². The summed E-state index contributed by atoms with van der Waals surface area (Å²) < 4.78 is 18.8. The molecule has 0 unspecified atom stereocenters. The van der Waals surface area contributed by atoms with Crippen LogP contribution < -0.4 is 16.0 Å². The first-order valence-electron chi connectivity index (χ1n) is 10.2. The molecule has 1 amide bonds. The fourth-order valence-electron chi connectivity index (χ4n) is 3.19. The summed E-state index contributed by atoms with van der Waals surface area (Å²) in [7, 11) is 0. The van der Waals surface area contributed by atoms with Crippen molar-refractivity contribution >= 4 is 36.0 Å². The Kier molecular flexibility index (Phi) is 10.6. The Hall–Kier alpha value is -1.78. The van der Waals surface area contributed by atoms with E-state index in [1.807, 2.05) is 27.7 Å². The topological polar surface area (TPSA) is 95.0 Å².